The van der Waals surface area contributed by atoms with Crippen molar-refractivity contribution in [2.75, 3.05) is 0 Å². The van der Waals surface area contributed by atoms with Crippen LogP contribution in [0, 0.1) is 0 Å². The van der Waals surface area contributed by atoms with Gasteiger partial charge in [-0.25, -0.2) is 8.42 Å². The first-order valence-corrected chi connectivity index (χ1v) is 10.3. The van der Waals surface area contributed by atoms with Gasteiger partial charge in [-0.15, -0.1) is 0 Å². The highest BCUT2D eigenvalue weighted by atomic mass is 32.2. The van der Waals surface area contributed by atoms with Crippen molar-refractivity contribution in [3.05, 3.63) is 109 Å². The highest BCUT2D eigenvalue weighted by Crippen LogP contribution is 2.28. The summed E-state index contributed by atoms with van der Waals surface area (Å²) in [6, 6.07) is 32.8. The quantitative estimate of drug-likeness (QED) is 0.424. The molecule has 0 aliphatic carbocycles. The van der Waals surface area contributed by atoms with Crippen LogP contribution in [0.15, 0.2) is 119 Å². The van der Waals surface area contributed by atoms with Crippen LogP contribution >= 0.6 is 0 Å². The van der Waals surface area contributed by atoms with E-state index in [-0.39, 0.29) is 9.79 Å². The average Bonchev–Trinajstić information content (AvgIpc) is 2.76. The predicted octanol–water partition coefficient (Wildman–Crippen LogP) is 5.98. The van der Waals surface area contributed by atoms with Crippen molar-refractivity contribution in [1.82, 2.24) is 0 Å². The smallest absolute Gasteiger partial charge is 0.206 e. The summed E-state index contributed by atoms with van der Waals surface area (Å²) >= 11 is 0. The number of rotatable bonds is 5. The number of hydrogen-bond donors (Lipinski definition) is 0. The molecule has 0 saturated heterocycles. The molecular formula is C24H18O3S. The fraction of sp³-hybridized carbons (Fsp3) is 0. The van der Waals surface area contributed by atoms with Gasteiger partial charge >= 0.3 is 0 Å². The molecule has 0 amide bonds. The molecule has 0 atom stereocenters. The van der Waals surface area contributed by atoms with Gasteiger partial charge in [0.1, 0.15) is 11.5 Å². The van der Waals surface area contributed by atoms with Gasteiger partial charge in [-0.05, 0) is 59.7 Å². The van der Waals surface area contributed by atoms with E-state index in [2.05, 4.69) is 12.1 Å². The molecule has 0 bridgehead atoms. The van der Waals surface area contributed by atoms with E-state index < -0.39 is 9.84 Å². The van der Waals surface area contributed by atoms with E-state index in [4.69, 9.17) is 4.74 Å². The van der Waals surface area contributed by atoms with Gasteiger partial charge in [0.25, 0.3) is 0 Å². The normalized spacial score (nSPS) is 11.1. The molecule has 138 valence electrons. The van der Waals surface area contributed by atoms with E-state index in [9.17, 15) is 8.42 Å². The lowest BCUT2D eigenvalue weighted by molar-refractivity contribution is 0.482. The largest absolute Gasteiger partial charge is 0.457 e. The lowest BCUT2D eigenvalue weighted by Gasteiger charge is -2.09. The molecule has 0 unspecified atom stereocenters. The molecule has 0 fully saturated rings. The Labute approximate surface area is 164 Å². The minimum atomic E-state index is -3.52. The first-order chi connectivity index (χ1) is 13.6. The highest BCUT2D eigenvalue weighted by Gasteiger charge is 2.17. The van der Waals surface area contributed by atoms with Gasteiger partial charge in [0, 0.05) is 0 Å². The topological polar surface area (TPSA) is 43.4 Å². The van der Waals surface area contributed by atoms with E-state index in [0.29, 0.717) is 11.5 Å². The summed E-state index contributed by atoms with van der Waals surface area (Å²) in [6.07, 6.45) is 0. The Hall–Kier alpha value is -3.37. The molecule has 28 heavy (non-hydrogen) atoms. The zero-order chi connectivity index (χ0) is 19.4. The number of hydrogen-bond acceptors (Lipinski definition) is 3. The monoisotopic (exact) mass is 386 g/mol. The Balaban J connectivity index is 1.51. The van der Waals surface area contributed by atoms with E-state index in [1.165, 1.54) is 0 Å². The third kappa shape index (κ3) is 3.82. The van der Waals surface area contributed by atoms with Crippen LogP contribution in [0.1, 0.15) is 0 Å². The van der Waals surface area contributed by atoms with Crippen LogP contribution in [0.3, 0.4) is 0 Å². The first-order valence-electron chi connectivity index (χ1n) is 8.86. The van der Waals surface area contributed by atoms with Crippen LogP contribution in [-0.4, -0.2) is 8.42 Å². The van der Waals surface area contributed by atoms with E-state index in [0.717, 1.165) is 11.1 Å². The van der Waals surface area contributed by atoms with Crippen molar-refractivity contribution in [3.8, 4) is 22.6 Å². The highest BCUT2D eigenvalue weighted by molar-refractivity contribution is 7.91. The lowest BCUT2D eigenvalue weighted by Crippen LogP contribution is -2.01. The maximum absolute atomic E-state index is 12.6. The zero-order valence-corrected chi connectivity index (χ0v) is 15.8. The molecule has 0 spiro atoms. The van der Waals surface area contributed by atoms with Crippen LogP contribution in [0.25, 0.3) is 11.1 Å². The third-order valence-corrected chi connectivity index (χ3v) is 6.17. The predicted molar refractivity (Wildman–Crippen MR) is 110 cm³/mol. The van der Waals surface area contributed by atoms with E-state index in [1.807, 2.05) is 42.5 Å². The summed E-state index contributed by atoms with van der Waals surface area (Å²) in [7, 11) is -3.52. The second kappa shape index (κ2) is 7.71. The molecule has 3 nitrogen and oxygen atoms in total. The van der Waals surface area contributed by atoms with Crippen molar-refractivity contribution < 1.29 is 13.2 Å². The summed E-state index contributed by atoms with van der Waals surface area (Å²) in [5, 5.41) is 0. The van der Waals surface area contributed by atoms with Gasteiger partial charge in [-0.2, -0.15) is 0 Å². The Kier molecular flexibility index (Phi) is 4.96. The first kappa shape index (κ1) is 18.0. The molecular weight excluding hydrogens is 368 g/mol. The summed E-state index contributed by atoms with van der Waals surface area (Å²) in [6.45, 7) is 0. The van der Waals surface area contributed by atoms with Gasteiger partial charge in [-0.1, -0.05) is 60.7 Å². The average molecular weight is 386 g/mol. The fourth-order valence-electron chi connectivity index (χ4n) is 2.90. The molecule has 4 heteroatoms. The molecule has 0 aromatic heterocycles. The molecule has 0 aliphatic heterocycles. The Bertz CT molecular complexity index is 1150. The molecule has 0 radical (unpaired) electrons. The second-order valence-electron chi connectivity index (χ2n) is 6.28. The summed E-state index contributed by atoms with van der Waals surface area (Å²) in [5.41, 5.74) is 2.25. The van der Waals surface area contributed by atoms with Crippen molar-refractivity contribution in [1.29, 1.82) is 0 Å². The maximum Gasteiger partial charge on any atom is 0.206 e. The molecule has 4 rings (SSSR count). The van der Waals surface area contributed by atoms with Gasteiger partial charge < -0.3 is 4.74 Å². The van der Waals surface area contributed by atoms with Crippen molar-refractivity contribution in [2.45, 2.75) is 9.79 Å². The van der Waals surface area contributed by atoms with Gasteiger partial charge in [0.15, 0.2) is 0 Å². The third-order valence-electron chi connectivity index (χ3n) is 4.38. The van der Waals surface area contributed by atoms with Crippen molar-refractivity contribution >= 4 is 9.84 Å². The van der Waals surface area contributed by atoms with E-state index >= 15 is 0 Å². The minimum absolute atomic E-state index is 0.241. The van der Waals surface area contributed by atoms with Gasteiger partial charge in [-0.3, -0.25) is 0 Å². The molecule has 0 saturated carbocycles. The SMILES string of the molecule is O=S(=O)(c1ccccc1)c1ccc(Oc2ccc(-c3ccccc3)cc2)cc1. The Morgan fingerprint density at radius 3 is 1.46 bits per heavy atom. The Morgan fingerprint density at radius 1 is 0.464 bits per heavy atom. The number of benzene rings is 4. The summed E-state index contributed by atoms with van der Waals surface area (Å²) in [4.78, 5) is 0.519. The molecule has 4 aromatic rings. The lowest BCUT2D eigenvalue weighted by atomic mass is 10.1. The molecule has 0 N–H and O–H groups in total. The molecule has 0 heterocycles. The Morgan fingerprint density at radius 2 is 0.893 bits per heavy atom. The van der Waals surface area contributed by atoms with Crippen LogP contribution in [0.2, 0.25) is 0 Å². The molecule has 0 aliphatic rings. The number of ether oxygens (including phenoxy) is 1. The van der Waals surface area contributed by atoms with Crippen LogP contribution in [0.5, 0.6) is 11.5 Å². The zero-order valence-electron chi connectivity index (χ0n) is 15.0. The van der Waals surface area contributed by atoms with Gasteiger partial charge in [0.2, 0.25) is 9.84 Å². The van der Waals surface area contributed by atoms with Crippen LogP contribution < -0.4 is 4.74 Å². The van der Waals surface area contributed by atoms with E-state index in [1.54, 1.807) is 54.6 Å². The van der Waals surface area contributed by atoms with Crippen LogP contribution in [-0.2, 0) is 9.84 Å². The molecule has 4 aromatic carbocycles. The minimum Gasteiger partial charge on any atom is -0.457 e. The van der Waals surface area contributed by atoms with Gasteiger partial charge in [0.05, 0.1) is 9.79 Å². The summed E-state index contributed by atoms with van der Waals surface area (Å²) < 4.78 is 31.1. The fourth-order valence-corrected chi connectivity index (χ4v) is 4.19. The number of sulfone groups is 1. The van der Waals surface area contributed by atoms with Crippen LogP contribution in [0.4, 0.5) is 0 Å². The standard InChI is InChI=1S/C24H18O3S/c25-28(26,23-9-5-2-6-10-23)24-17-15-22(16-18-24)27-21-13-11-20(12-14-21)19-7-3-1-4-8-19/h1-18H. The van der Waals surface area contributed by atoms with Crippen molar-refractivity contribution in [2.24, 2.45) is 0 Å². The second-order valence-corrected chi connectivity index (χ2v) is 8.23. The maximum atomic E-state index is 12.6. The van der Waals surface area contributed by atoms with Crippen molar-refractivity contribution in [3.63, 3.8) is 0 Å². The summed E-state index contributed by atoms with van der Waals surface area (Å²) in [5.74, 6) is 1.28.